The SMILES string of the molecule is Cc1nc2n(c(=O)c1C)C(CC(=O)Nc1ccc(Br)cc1F)CS2. The van der Waals surface area contributed by atoms with Crippen LogP contribution in [0.15, 0.2) is 32.6 Å². The van der Waals surface area contributed by atoms with Crippen LogP contribution in [0.2, 0.25) is 0 Å². The molecule has 3 rings (SSSR count). The van der Waals surface area contributed by atoms with Gasteiger partial charge in [-0.1, -0.05) is 27.7 Å². The van der Waals surface area contributed by atoms with Gasteiger partial charge in [0.25, 0.3) is 5.56 Å². The third kappa shape index (κ3) is 3.25. The van der Waals surface area contributed by atoms with Crippen LogP contribution in [0.5, 0.6) is 0 Å². The Morgan fingerprint density at radius 3 is 2.96 bits per heavy atom. The summed E-state index contributed by atoms with van der Waals surface area (Å²) >= 11 is 4.63. The zero-order valence-corrected chi connectivity index (χ0v) is 15.5. The second-order valence-corrected chi connectivity index (χ2v) is 7.52. The average molecular weight is 412 g/mol. The van der Waals surface area contributed by atoms with Crippen molar-refractivity contribution in [3.8, 4) is 0 Å². The standard InChI is InChI=1S/C16H15BrFN3O2S/c1-8-9(2)19-16-21(15(8)23)11(7-24-16)6-14(22)20-13-4-3-10(17)5-12(13)18/h3-5,11H,6-7H2,1-2H3,(H,20,22). The molecule has 5 nitrogen and oxygen atoms in total. The lowest BCUT2D eigenvalue weighted by Crippen LogP contribution is -2.29. The Balaban J connectivity index is 1.78. The highest BCUT2D eigenvalue weighted by atomic mass is 79.9. The Labute approximate surface area is 150 Å². The normalized spacial score (nSPS) is 16.1. The number of amides is 1. The van der Waals surface area contributed by atoms with Gasteiger partial charge in [0.2, 0.25) is 5.91 Å². The highest BCUT2D eigenvalue weighted by Gasteiger charge is 2.28. The number of fused-ring (bicyclic) bond motifs is 1. The molecule has 8 heteroatoms. The van der Waals surface area contributed by atoms with Gasteiger partial charge in [0.1, 0.15) is 5.82 Å². The monoisotopic (exact) mass is 411 g/mol. The molecule has 24 heavy (non-hydrogen) atoms. The fourth-order valence-corrected chi connectivity index (χ4v) is 4.04. The molecule has 2 aromatic rings. The second kappa shape index (κ2) is 6.68. The maximum Gasteiger partial charge on any atom is 0.257 e. The molecule has 1 atom stereocenters. The minimum atomic E-state index is -0.510. The van der Waals surface area contributed by atoms with Gasteiger partial charge in [0.15, 0.2) is 5.16 Å². The molecule has 1 unspecified atom stereocenters. The predicted octanol–water partition coefficient (Wildman–Crippen LogP) is 3.44. The fourth-order valence-electron chi connectivity index (χ4n) is 2.53. The minimum Gasteiger partial charge on any atom is -0.324 e. The van der Waals surface area contributed by atoms with E-state index in [4.69, 9.17) is 0 Å². The van der Waals surface area contributed by atoms with Crippen molar-refractivity contribution in [2.75, 3.05) is 11.1 Å². The zero-order valence-electron chi connectivity index (χ0n) is 13.1. The summed E-state index contributed by atoms with van der Waals surface area (Å²) in [7, 11) is 0. The van der Waals surface area contributed by atoms with Crippen LogP contribution in [0.4, 0.5) is 10.1 Å². The van der Waals surface area contributed by atoms with Crippen molar-refractivity contribution in [3.05, 3.63) is 50.1 Å². The van der Waals surface area contributed by atoms with E-state index in [0.717, 1.165) is 0 Å². The number of anilines is 1. The van der Waals surface area contributed by atoms with Crippen LogP contribution in [0.25, 0.3) is 0 Å². The van der Waals surface area contributed by atoms with Crippen LogP contribution >= 0.6 is 27.7 Å². The molecule has 1 aliphatic heterocycles. The third-order valence-electron chi connectivity index (χ3n) is 3.95. The van der Waals surface area contributed by atoms with Crippen LogP contribution in [0, 0.1) is 19.7 Å². The number of aryl methyl sites for hydroxylation is 1. The molecular weight excluding hydrogens is 397 g/mol. The van der Waals surface area contributed by atoms with Gasteiger partial charge in [-0.05, 0) is 32.0 Å². The summed E-state index contributed by atoms with van der Waals surface area (Å²) in [6.45, 7) is 3.53. The van der Waals surface area contributed by atoms with E-state index >= 15 is 0 Å². The Morgan fingerprint density at radius 1 is 1.50 bits per heavy atom. The van der Waals surface area contributed by atoms with Crippen LogP contribution in [-0.2, 0) is 4.79 Å². The Bertz CT molecular complexity index is 884. The van der Waals surface area contributed by atoms with E-state index in [-0.39, 0.29) is 29.6 Å². The number of carbonyl (C=O) groups excluding carboxylic acids is 1. The molecule has 1 aromatic heterocycles. The average Bonchev–Trinajstić information content (AvgIpc) is 2.90. The zero-order chi connectivity index (χ0) is 17.4. The summed E-state index contributed by atoms with van der Waals surface area (Å²) < 4.78 is 16.0. The van der Waals surface area contributed by atoms with Crippen molar-refractivity contribution in [1.29, 1.82) is 0 Å². The molecule has 1 aromatic carbocycles. The van der Waals surface area contributed by atoms with Gasteiger partial charge in [-0.25, -0.2) is 9.37 Å². The van der Waals surface area contributed by atoms with Crippen LogP contribution in [-0.4, -0.2) is 21.2 Å². The van der Waals surface area contributed by atoms with Gasteiger partial charge in [0.05, 0.1) is 11.7 Å². The molecular formula is C16H15BrFN3O2S. The van der Waals surface area contributed by atoms with Gasteiger partial charge in [-0.2, -0.15) is 0 Å². The molecule has 1 aliphatic rings. The maximum absolute atomic E-state index is 13.8. The van der Waals surface area contributed by atoms with E-state index in [2.05, 4.69) is 26.2 Å². The summed E-state index contributed by atoms with van der Waals surface area (Å²) in [5, 5.41) is 3.20. The number of halogens is 2. The molecule has 0 fully saturated rings. The lowest BCUT2D eigenvalue weighted by molar-refractivity contribution is -0.116. The largest absolute Gasteiger partial charge is 0.324 e. The van der Waals surface area contributed by atoms with Crippen molar-refractivity contribution >= 4 is 39.3 Å². The second-order valence-electron chi connectivity index (χ2n) is 5.62. The summed E-state index contributed by atoms with van der Waals surface area (Å²) in [5.74, 6) is -0.245. The molecule has 0 spiro atoms. The molecule has 0 saturated carbocycles. The molecule has 0 radical (unpaired) electrons. The summed E-state index contributed by atoms with van der Waals surface area (Å²) in [4.78, 5) is 29.1. The first-order chi connectivity index (χ1) is 11.4. The highest BCUT2D eigenvalue weighted by molar-refractivity contribution is 9.10. The van der Waals surface area contributed by atoms with E-state index in [1.54, 1.807) is 24.5 Å². The Hall–Kier alpha value is -1.67. The first-order valence-corrected chi connectivity index (χ1v) is 9.12. The van der Waals surface area contributed by atoms with Crippen molar-refractivity contribution < 1.29 is 9.18 Å². The number of nitrogens with zero attached hydrogens (tertiary/aromatic N) is 2. The van der Waals surface area contributed by atoms with Gasteiger partial charge in [0, 0.05) is 27.9 Å². The van der Waals surface area contributed by atoms with E-state index in [0.29, 0.717) is 26.6 Å². The quantitative estimate of drug-likeness (QED) is 0.785. The van der Waals surface area contributed by atoms with E-state index in [1.165, 1.54) is 23.9 Å². The van der Waals surface area contributed by atoms with Crippen LogP contribution < -0.4 is 10.9 Å². The first kappa shape index (κ1) is 17.2. The Morgan fingerprint density at radius 2 is 2.25 bits per heavy atom. The number of carbonyl (C=O) groups is 1. The van der Waals surface area contributed by atoms with Crippen LogP contribution in [0.1, 0.15) is 23.7 Å². The lowest BCUT2D eigenvalue weighted by atomic mass is 10.2. The first-order valence-electron chi connectivity index (χ1n) is 7.34. The van der Waals surface area contributed by atoms with Gasteiger partial charge in [-0.15, -0.1) is 0 Å². The molecule has 0 saturated heterocycles. The molecule has 0 bridgehead atoms. The smallest absolute Gasteiger partial charge is 0.257 e. The summed E-state index contributed by atoms with van der Waals surface area (Å²) in [6, 6.07) is 4.16. The minimum absolute atomic E-state index is 0.0968. The number of benzene rings is 1. The highest BCUT2D eigenvalue weighted by Crippen LogP contribution is 2.32. The molecule has 1 N–H and O–H groups in total. The number of rotatable bonds is 3. The molecule has 0 aliphatic carbocycles. The number of aromatic nitrogens is 2. The fraction of sp³-hybridized carbons (Fsp3) is 0.312. The number of hydrogen-bond acceptors (Lipinski definition) is 4. The van der Waals surface area contributed by atoms with Gasteiger partial charge in [-0.3, -0.25) is 14.2 Å². The number of nitrogens with one attached hydrogen (secondary N) is 1. The van der Waals surface area contributed by atoms with Gasteiger partial charge >= 0.3 is 0 Å². The third-order valence-corrected chi connectivity index (χ3v) is 5.54. The molecule has 2 heterocycles. The maximum atomic E-state index is 13.8. The van der Waals surface area contributed by atoms with Crippen molar-refractivity contribution in [1.82, 2.24) is 9.55 Å². The summed E-state index contributed by atoms with van der Waals surface area (Å²) in [6.07, 6.45) is 0.0968. The van der Waals surface area contributed by atoms with Crippen LogP contribution in [0.3, 0.4) is 0 Å². The molecule has 1 amide bonds. The topological polar surface area (TPSA) is 64.0 Å². The lowest BCUT2D eigenvalue weighted by Gasteiger charge is -2.14. The summed E-state index contributed by atoms with van der Waals surface area (Å²) in [5.41, 5.74) is 1.31. The van der Waals surface area contributed by atoms with Gasteiger partial charge < -0.3 is 5.32 Å². The van der Waals surface area contributed by atoms with E-state index in [1.807, 2.05) is 0 Å². The van der Waals surface area contributed by atoms with Crippen molar-refractivity contribution in [2.45, 2.75) is 31.5 Å². The van der Waals surface area contributed by atoms with E-state index < -0.39 is 5.82 Å². The van der Waals surface area contributed by atoms with Crippen molar-refractivity contribution in [2.24, 2.45) is 0 Å². The Kier molecular flexibility index (Phi) is 4.78. The predicted molar refractivity (Wildman–Crippen MR) is 95.1 cm³/mol. The number of hydrogen-bond donors (Lipinski definition) is 1. The molecule has 126 valence electrons. The van der Waals surface area contributed by atoms with Crippen molar-refractivity contribution in [3.63, 3.8) is 0 Å². The number of thioether (sulfide) groups is 1. The van der Waals surface area contributed by atoms with E-state index in [9.17, 15) is 14.0 Å².